The van der Waals surface area contributed by atoms with E-state index in [1.165, 1.54) is 44.5 Å². The average molecular weight is 680 g/mol. The molecule has 0 fully saturated rings. The Morgan fingerprint density at radius 3 is 1.72 bits per heavy atom. The third-order valence-corrected chi connectivity index (χ3v) is 11.1. The summed E-state index contributed by atoms with van der Waals surface area (Å²) in [5, 5.41) is 2.25. The van der Waals surface area contributed by atoms with E-state index in [0.717, 1.165) is 50.1 Å². The zero-order valence-electron chi connectivity index (χ0n) is 29.8. The van der Waals surface area contributed by atoms with Crippen LogP contribution in [0.25, 0.3) is 66.4 Å². The number of furan rings is 1. The lowest BCUT2D eigenvalue weighted by Gasteiger charge is -2.31. The summed E-state index contributed by atoms with van der Waals surface area (Å²) in [7, 11) is 0. The van der Waals surface area contributed by atoms with Crippen molar-refractivity contribution < 1.29 is 4.42 Å². The monoisotopic (exact) mass is 679 g/mol. The highest BCUT2D eigenvalue weighted by molar-refractivity contribution is 6.14. The lowest BCUT2D eigenvalue weighted by molar-refractivity contribution is 0.660. The fraction of sp³-hybridized carbons (Fsp3) is 0.0588. The topological polar surface area (TPSA) is 16.4 Å². The van der Waals surface area contributed by atoms with Crippen molar-refractivity contribution in [2.45, 2.75) is 19.3 Å². The largest absolute Gasteiger partial charge is 0.456 e. The summed E-state index contributed by atoms with van der Waals surface area (Å²) in [6.45, 7) is 4.71. The Bertz CT molecular complexity index is 2750. The number of para-hydroxylation sites is 2. The molecule has 8 aromatic carbocycles. The van der Waals surface area contributed by atoms with Gasteiger partial charge in [-0.3, -0.25) is 0 Å². The van der Waals surface area contributed by atoms with Crippen LogP contribution in [0.15, 0.2) is 192 Å². The van der Waals surface area contributed by atoms with Crippen molar-refractivity contribution in [3.05, 3.63) is 199 Å². The lowest BCUT2D eigenvalue weighted by Crippen LogP contribution is -2.16. The normalized spacial score (nSPS) is 12.9. The Morgan fingerprint density at radius 1 is 0.415 bits per heavy atom. The number of nitrogens with zero attached hydrogens (tertiary/aromatic N) is 1. The molecule has 0 saturated heterocycles. The Hall–Kier alpha value is -6.64. The number of hydrogen-bond acceptors (Lipinski definition) is 2. The van der Waals surface area contributed by atoms with Crippen molar-refractivity contribution in [1.82, 2.24) is 0 Å². The quantitative estimate of drug-likeness (QED) is 0.174. The minimum absolute atomic E-state index is 0.143. The van der Waals surface area contributed by atoms with Gasteiger partial charge in [-0.05, 0) is 87.0 Å². The Morgan fingerprint density at radius 2 is 0.962 bits per heavy atom. The van der Waals surface area contributed by atoms with E-state index in [2.05, 4.69) is 201 Å². The molecule has 1 heterocycles. The van der Waals surface area contributed by atoms with E-state index >= 15 is 0 Å². The molecule has 1 aliphatic rings. The van der Waals surface area contributed by atoms with E-state index in [0.29, 0.717) is 0 Å². The molecule has 53 heavy (non-hydrogen) atoms. The van der Waals surface area contributed by atoms with Crippen molar-refractivity contribution in [3.8, 4) is 44.5 Å². The maximum Gasteiger partial charge on any atom is 0.136 e. The van der Waals surface area contributed by atoms with Gasteiger partial charge in [0.05, 0.1) is 11.4 Å². The summed E-state index contributed by atoms with van der Waals surface area (Å²) in [6, 6.07) is 68.0. The lowest BCUT2D eigenvalue weighted by atomic mass is 9.82. The standard InChI is InChI=1S/C51H37NO/c1-51(2)43-25-12-9-22-41(43)50-44(51)26-16-28-46(50)52(38-32-36(34-17-5-3-6-18-34)31-37(33-38)35-19-7-4-8-20-35)45-27-13-10-21-39(45)40-24-15-30-48-49(40)42-23-11-14-29-47(42)53-48/h3-33H,1-2H3. The molecule has 0 spiro atoms. The summed E-state index contributed by atoms with van der Waals surface area (Å²) in [5.74, 6) is 0. The van der Waals surface area contributed by atoms with Crippen LogP contribution >= 0.6 is 0 Å². The minimum atomic E-state index is -0.143. The zero-order chi connectivity index (χ0) is 35.5. The van der Waals surface area contributed by atoms with Gasteiger partial charge in [-0.2, -0.15) is 0 Å². The van der Waals surface area contributed by atoms with Crippen LogP contribution in [0.4, 0.5) is 17.1 Å². The minimum Gasteiger partial charge on any atom is -0.456 e. The van der Waals surface area contributed by atoms with E-state index in [4.69, 9.17) is 4.42 Å². The fourth-order valence-corrected chi connectivity index (χ4v) is 8.56. The maximum atomic E-state index is 6.42. The molecular weight excluding hydrogens is 643 g/mol. The average Bonchev–Trinajstić information content (AvgIpc) is 3.71. The van der Waals surface area contributed by atoms with Gasteiger partial charge >= 0.3 is 0 Å². The smallest absolute Gasteiger partial charge is 0.136 e. The van der Waals surface area contributed by atoms with Crippen LogP contribution in [0.2, 0.25) is 0 Å². The van der Waals surface area contributed by atoms with Crippen molar-refractivity contribution >= 4 is 39.0 Å². The van der Waals surface area contributed by atoms with Crippen LogP contribution in [-0.2, 0) is 5.41 Å². The summed E-state index contributed by atoms with van der Waals surface area (Å²) in [4.78, 5) is 2.51. The van der Waals surface area contributed by atoms with Crippen molar-refractivity contribution in [2.75, 3.05) is 4.90 Å². The van der Waals surface area contributed by atoms with Crippen LogP contribution in [0, 0.1) is 0 Å². The van der Waals surface area contributed by atoms with E-state index in [9.17, 15) is 0 Å². The molecule has 0 radical (unpaired) electrons. The molecule has 10 rings (SSSR count). The predicted molar refractivity (Wildman–Crippen MR) is 222 cm³/mol. The van der Waals surface area contributed by atoms with Crippen molar-refractivity contribution in [2.24, 2.45) is 0 Å². The Kier molecular flexibility index (Phi) is 7.19. The maximum absolute atomic E-state index is 6.42. The highest BCUT2D eigenvalue weighted by Gasteiger charge is 2.38. The molecule has 0 N–H and O–H groups in total. The number of fused-ring (bicyclic) bond motifs is 6. The highest BCUT2D eigenvalue weighted by Crippen LogP contribution is 2.55. The Labute approximate surface area is 310 Å². The van der Waals surface area contributed by atoms with Gasteiger partial charge in [0, 0.05) is 33.0 Å². The van der Waals surface area contributed by atoms with Gasteiger partial charge < -0.3 is 9.32 Å². The molecule has 0 atom stereocenters. The first-order chi connectivity index (χ1) is 26.1. The second-order valence-corrected chi connectivity index (χ2v) is 14.5. The fourth-order valence-electron chi connectivity index (χ4n) is 8.56. The number of hydrogen-bond donors (Lipinski definition) is 0. The molecule has 2 nitrogen and oxygen atoms in total. The van der Waals surface area contributed by atoms with Crippen molar-refractivity contribution in [1.29, 1.82) is 0 Å². The van der Waals surface area contributed by atoms with E-state index in [1.807, 2.05) is 6.07 Å². The van der Waals surface area contributed by atoms with Gasteiger partial charge in [0.15, 0.2) is 0 Å². The van der Waals surface area contributed by atoms with Gasteiger partial charge in [0.1, 0.15) is 11.2 Å². The van der Waals surface area contributed by atoms with Gasteiger partial charge in [-0.15, -0.1) is 0 Å². The first-order valence-electron chi connectivity index (χ1n) is 18.4. The van der Waals surface area contributed by atoms with E-state index < -0.39 is 0 Å². The van der Waals surface area contributed by atoms with Crippen LogP contribution in [-0.4, -0.2) is 0 Å². The van der Waals surface area contributed by atoms with Crippen molar-refractivity contribution in [3.63, 3.8) is 0 Å². The van der Waals surface area contributed by atoms with E-state index in [-0.39, 0.29) is 5.41 Å². The molecule has 0 saturated carbocycles. The van der Waals surface area contributed by atoms with E-state index in [1.54, 1.807) is 0 Å². The summed E-state index contributed by atoms with van der Waals surface area (Å²) >= 11 is 0. The molecule has 2 heteroatoms. The van der Waals surface area contributed by atoms with Crippen LogP contribution in [0.5, 0.6) is 0 Å². The third kappa shape index (κ3) is 5.02. The zero-order valence-corrected chi connectivity index (χ0v) is 29.8. The highest BCUT2D eigenvalue weighted by atomic mass is 16.3. The summed E-state index contributed by atoms with van der Waals surface area (Å²) < 4.78 is 6.42. The summed E-state index contributed by atoms with van der Waals surface area (Å²) in [5.41, 5.74) is 17.2. The van der Waals surface area contributed by atoms with Crippen LogP contribution in [0.1, 0.15) is 25.0 Å². The molecular formula is C51H37NO. The summed E-state index contributed by atoms with van der Waals surface area (Å²) in [6.07, 6.45) is 0. The number of anilines is 3. The van der Waals surface area contributed by atoms with Gasteiger partial charge in [0.2, 0.25) is 0 Å². The number of rotatable bonds is 6. The molecule has 0 amide bonds. The number of benzene rings is 8. The molecule has 252 valence electrons. The molecule has 0 unspecified atom stereocenters. The SMILES string of the molecule is CC1(C)c2ccccc2-c2c(N(c3cc(-c4ccccc4)cc(-c4ccccc4)c3)c3ccccc3-c3cccc4oc5ccccc5c34)cccc21. The molecule has 0 aliphatic heterocycles. The predicted octanol–water partition coefficient (Wildman–Crippen LogP) is 14.4. The Balaban J connectivity index is 1.31. The molecule has 1 aromatic heterocycles. The third-order valence-electron chi connectivity index (χ3n) is 11.1. The second-order valence-electron chi connectivity index (χ2n) is 14.5. The molecule has 0 bridgehead atoms. The van der Waals surface area contributed by atoms with Gasteiger partial charge in [-0.1, -0.05) is 159 Å². The van der Waals surface area contributed by atoms with Crippen LogP contribution < -0.4 is 4.90 Å². The molecule has 1 aliphatic carbocycles. The first kappa shape index (κ1) is 31.1. The van der Waals surface area contributed by atoms with Gasteiger partial charge in [0.25, 0.3) is 0 Å². The first-order valence-corrected chi connectivity index (χ1v) is 18.4. The second kappa shape index (κ2) is 12.3. The van der Waals surface area contributed by atoms with Crippen LogP contribution in [0.3, 0.4) is 0 Å². The van der Waals surface area contributed by atoms with Gasteiger partial charge in [-0.25, -0.2) is 0 Å². The molecule has 9 aromatic rings.